The average Bonchev–Trinajstić information content (AvgIpc) is 3.14. The lowest BCUT2D eigenvalue weighted by Crippen LogP contribution is -2.51. The van der Waals surface area contributed by atoms with E-state index in [-0.39, 0.29) is 31.3 Å². The second-order valence-corrected chi connectivity index (χ2v) is 9.33. The van der Waals surface area contributed by atoms with E-state index in [9.17, 15) is 27.6 Å². The van der Waals surface area contributed by atoms with Crippen LogP contribution >= 0.6 is 0 Å². The van der Waals surface area contributed by atoms with Gasteiger partial charge in [-0.25, -0.2) is 14.4 Å². The van der Waals surface area contributed by atoms with Gasteiger partial charge in [-0.05, 0) is 37.5 Å². The minimum atomic E-state index is -4.52. The SMILES string of the molecule is C=CCN1C(=O)N[C@@H](c2ccc(C(F)(F)F)cc2)C(C(=O)OCC)=C1CN1CCCN(C(=O)NCCC)CC1. The Morgan fingerprint density at radius 3 is 2.49 bits per heavy atom. The van der Waals surface area contributed by atoms with Crippen molar-refractivity contribution < 1.29 is 32.3 Å². The van der Waals surface area contributed by atoms with Crippen LogP contribution < -0.4 is 10.6 Å². The minimum Gasteiger partial charge on any atom is -0.463 e. The van der Waals surface area contributed by atoms with Crippen molar-refractivity contribution in [3.63, 3.8) is 0 Å². The molecular weight excluding hydrogens is 515 g/mol. The van der Waals surface area contributed by atoms with Crippen LogP contribution in [0.5, 0.6) is 0 Å². The van der Waals surface area contributed by atoms with Crippen LogP contribution in [0.15, 0.2) is 48.2 Å². The van der Waals surface area contributed by atoms with Crippen LogP contribution in [0.25, 0.3) is 0 Å². The highest BCUT2D eigenvalue weighted by molar-refractivity contribution is 5.95. The van der Waals surface area contributed by atoms with Gasteiger partial charge in [-0.3, -0.25) is 9.80 Å². The molecule has 0 aliphatic carbocycles. The Kier molecular flexibility index (Phi) is 10.4. The average molecular weight is 552 g/mol. The molecule has 0 saturated carbocycles. The predicted molar refractivity (Wildman–Crippen MR) is 140 cm³/mol. The molecule has 3 rings (SSSR count). The van der Waals surface area contributed by atoms with Crippen molar-refractivity contribution >= 4 is 18.0 Å². The number of benzene rings is 1. The Morgan fingerprint density at radius 1 is 1.15 bits per heavy atom. The van der Waals surface area contributed by atoms with E-state index in [1.54, 1.807) is 11.8 Å². The standard InChI is InChI=1S/C27H36F3N5O4/c1-4-12-31-25(37)34-15-7-14-33(16-17-34)18-21-22(24(36)39-6-3)23(32-26(38)35(21)13-5-2)19-8-10-20(11-9-19)27(28,29)30/h5,8-11,23H,2,4,6-7,12-18H2,1,3H3,(H,31,37)(H,32,38)/t23-/m0/s1. The molecular formula is C27H36F3N5O4. The van der Waals surface area contributed by atoms with Crippen molar-refractivity contribution in [3.05, 3.63) is 59.3 Å². The smallest absolute Gasteiger partial charge is 0.416 e. The monoisotopic (exact) mass is 551 g/mol. The first kappa shape index (κ1) is 30.0. The van der Waals surface area contributed by atoms with Gasteiger partial charge in [0.1, 0.15) is 0 Å². The molecule has 2 heterocycles. The Balaban J connectivity index is 1.97. The molecule has 0 radical (unpaired) electrons. The summed E-state index contributed by atoms with van der Waals surface area (Å²) in [7, 11) is 0. The Morgan fingerprint density at radius 2 is 1.87 bits per heavy atom. The number of alkyl halides is 3. The number of nitrogens with zero attached hydrogens (tertiary/aromatic N) is 3. The van der Waals surface area contributed by atoms with Gasteiger partial charge in [-0.1, -0.05) is 25.1 Å². The summed E-state index contributed by atoms with van der Waals surface area (Å²) < 4.78 is 44.8. The molecule has 0 unspecified atom stereocenters. The molecule has 1 fully saturated rings. The van der Waals surface area contributed by atoms with Crippen LogP contribution in [0.3, 0.4) is 0 Å². The number of hydrogen-bond donors (Lipinski definition) is 2. The molecule has 9 nitrogen and oxygen atoms in total. The zero-order chi connectivity index (χ0) is 28.6. The van der Waals surface area contributed by atoms with E-state index >= 15 is 0 Å². The fourth-order valence-electron chi connectivity index (χ4n) is 4.65. The van der Waals surface area contributed by atoms with Crippen molar-refractivity contribution in [2.45, 2.75) is 38.9 Å². The lowest BCUT2D eigenvalue weighted by atomic mass is 9.93. The molecule has 12 heteroatoms. The summed E-state index contributed by atoms with van der Waals surface area (Å²) in [6, 6.07) is 2.73. The summed E-state index contributed by atoms with van der Waals surface area (Å²) in [5.74, 6) is -0.665. The number of amides is 4. The van der Waals surface area contributed by atoms with E-state index in [0.29, 0.717) is 50.4 Å². The van der Waals surface area contributed by atoms with Crippen molar-refractivity contribution in [3.8, 4) is 0 Å². The highest BCUT2D eigenvalue weighted by atomic mass is 19.4. The van der Waals surface area contributed by atoms with E-state index < -0.39 is 29.8 Å². The first-order chi connectivity index (χ1) is 18.6. The summed E-state index contributed by atoms with van der Waals surface area (Å²) in [5.41, 5.74) is 0.0381. The molecule has 2 N–H and O–H groups in total. The van der Waals surface area contributed by atoms with Crippen molar-refractivity contribution in [1.29, 1.82) is 0 Å². The molecule has 214 valence electrons. The van der Waals surface area contributed by atoms with Gasteiger partial charge in [0, 0.05) is 51.5 Å². The van der Waals surface area contributed by atoms with Gasteiger partial charge in [0.15, 0.2) is 0 Å². The largest absolute Gasteiger partial charge is 0.463 e. The molecule has 2 aliphatic heterocycles. The Labute approximate surface area is 226 Å². The van der Waals surface area contributed by atoms with Crippen LogP contribution in [-0.2, 0) is 15.7 Å². The number of ether oxygens (including phenoxy) is 1. The van der Waals surface area contributed by atoms with E-state index in [0.717, 1.165) is 18.6 Å². The number of nitrogens with one attached hydrogen (secondary N) is 2. The lowest BCUT2D eigenvalue weighted by molar-refractivity contribution is -0.139. The molecule has 1 saturated heterocycles. The van der Waals surface area contributed by atoms with E-state index in [2.05, 4.69) is 22.1 Å². The van der Waals surface area contributed by atoms with Gasteiger partial charge in [-0.15, -0.1) is 6.58 Å². The highest BCUT2D eigenvalue weighted by Crippen LogP contribution is 2.35. The molecule has 2 aliphatic rings. The molecule has 1 aromatic carbocycles. The first-order valence-corrected chi connectivity index (χ1v) is 13.1. The fourth-order valence-corrected chi connectivity index (χ4v) is 4.65. The quantitative estimate of drug-likeness (QED) is 0.359. The van der Waals surface area contributed by atoms with E-state index in [1.807, 2.05) is 6.92 Å². The molecule has 39 heavy (non-hydrogen) atoms. The maximum Gasteiger partial charge on any atom is 0.416 e. The zero-order valence-electron chi connectivity index (χ0n) is 22.4. The third-order valence-electron chi connectivity index (χ3n) is 6.59. The Bertz CT molecular complexity index is 1070. The molecule has 1 aromatic rings. The Hall–Kier alpha value is -3.54. The third kappa shape index (κ3) is 7.53. The second-order valence-electron chi connectivity index (χ2n) is 9.33. The summed E-state index contributed by atoms with van der Waals surface area (Å²) in [6.45, 7) is 10.5. The summed E-state index contributed by atoms with van der Waals surface area (Å²) >= 11 is 0. The van der Waals surface area contributed by atoms with Crippen LogP contribution in [0.2, 0.25) is 0 Å². The minimum absolute atomic E-state index is 0.0797. The van der Waals surface area contributed by atoms with Crippen LogP contribution in [0, 0.1) is 0 Å². The summed E-state index contributed by atoms with van der Waals surface area (Å²) in [5, 5.41) is 5.64. The topological polar surface area (TPSA) is 94.2 Å². The first-order valence-electron chi connectivity index (χ1n) is 13.1. The maximum absolute atomic E-state index is 13.3. The number of carbonyl (C=O) groups is 3. The maximum atomic E-state index is 13.3. The number of rotatable bonds is 9. The van der Waals surface area contributed by atoms with Gasteiger partial charge in [0.25, 0.3) is 0 Å². The lowest BCUT2D eigenvalue weighted by Gasteiger charge is -2.38. The van der Waals surface area contributed by atoms with Crippen molar-refractivity contribution in [2.75, 3.05) is 52.4 Å². The summed E-state index contributed by atoms with van der Waals surface area (Å²) in [6.07, 6.45) is -1.47. The zero-order valence-corrected chi connectivity index (χ0v) is 22.4. The van der Waals surface area contributed by atoms with Crippen molar-refractivity contribution in [2.24, 2.45) is 0 Å². The van der Waals surface area contributed by atoms with Gasteiger partial charge < -0.3 is 20.3 Å². The third-order valence-corrected chi connectivity index (χ3v) is 6.59. The van der Waals surface area contributed by atoms with E-state index in [4.69, 9.17) is 4.74 Å². The molecule has 0 bridgehead atoms. The fraction of sp³-hybridized carbons (Fsp3) is 0.519. The number of halogens is 3. The molecule has 0 aromatic heterocycles. The van der Waals surface area contributed by atoms with Gasteiger partial charge in [0.2, 0.25) is 0 Å². The number of hydrogen-bond acceptors (Lipinski definition) is 5. The number of esters is 1. The second kappa shape index (κ2) is 13.5. The van der Waals surface area contributed by atoms with Gasteiger partial charge in [-0.2, -0.15) is 13.2 Å². The van der Waals surface area contributed by atoms with E-state index in [1.165, 1.54) is 23.1 Å². The van der Waals surface area contributed by atoms with Crippen LogP contribution in [0.1, 0.15) is 43.9 Å². The van der Waals surface area contributed by atoms with Crippen LogP contribution in [-0.4, -0.2) is 85.2 Å². The number of urea groups is 2. The molecule has 0 spiro atoms. The molecule has 4 amide bonds. The summed E-state index contributed by atoms with van der Waals surface area (Å²) in [4.78, 5) is 44.2. The van der Waals surface area contributed by atoms with Crippen molar-refractivity contribution in [1.82, 2.24) is 25.3 Å². The highest BCUT2D eigenvalue weighted by Gasteiger charge is 2.39. The normalized spacial score (nSPS) is 18.9. The van der Waals surface area contributed by atoms with Crippen LogP contribution in [0.4, 0.5) is 22.8 Å². The van der Waals surface area contributed by atoms with Gasteiger partial charge >= 0.3 is 24.2 Å². The van der Waals surface area contributed by atoms with Gasteiger partial charge in [0.05, 0.1) is 23.8 Å². The predicted octanol–water partition coefficient (Wildman–Crippen LogP) is 3.90. The number of carbonyl (C=O) groups excluding carboxylic acids is 3. The molecule has 1 atom stereocenters.